The van der Waals surface area contributed by atoms with Crippen LogP contribution in [0.3, 0.4) is 0 Å². The Morgan fingerprint density at radius 3 is 2.39 bits per heavy atom. The summed E-state index contributed by atoms with van der Waals surface area (Å²) in [6.45, 7) is 7.72. The van der Waals surface area contributed by atoms with Gasteiger partial charge in [-0.3, -0.25) is 14.5 Å². The van der Waals surface area contributed by atoms with Crippen LogP contribution in [0.15, 0.2) is 54.6 Å². The van der Waals surface area contributed by atoms with E-state index in [2.05, 4.69) is 17.0 Å². The summed E-state index contributed by atoms with van der Waals surface area (Å²) in [5.74, 6) is 0.247. The highest BCUT2D eigenvalue weighted by atomic mass is 16.5. The smallest absolute Gasteiger partial charge is 0.248 e. The first-order valence-electron chi connectivity index (χ1n) is 11.7. The molecule has 1 aliphatic rings. The van der Waals surface area contributed by atoms with Crippen molar-refractivity contribution in [1.29, 1.82) is 0 Å². The zero-order valence-corrected chi connectivity index (χ0v) is 19.7. The standard InChI is InChI=1S/C26H35N3O4/c1-3-28(4-2)26(32)20-33-24-17-27(16-22-10-12-23(30)13-11-22)19-25(31)29(18-24)15-14-21-8-6-5-7-9-21/h5-13,24,30H,3-4,14-20H2,1-2H3. The van der Waals surface area contributed by atoms with Crippen LogP contribution in [0.2, 0.25) is 0 Å². The van der Waals surface area contributed by atoms with E-state index >= 15 is 0 Å². The second-order valence-corrected chi connectivity index (χ2v) is 8.41. The number of aromatic hydroxyl groups is 1. The van der Waals surface area contributed by atoms with E-state index in [1.54, 1.807) is 17.0 Å². The van der Waals surface area contributed by atoms with Crippen molar-refractivity contribution in [2.45, 2.75) is 32.9 Å². The van der Waals surface area contributed by atoms with E-state index in [-0.39, 0.29) is 30.3 Å². The van der Waals surface area contributed by atoms with Crippen molar-refractivity contribution >= 4 is 11.8 Å². The summed E-state index contributed by atoms with van der Waals surface area (Å²) in [6, 6.07) is 17.1. The number of phenols is 1. The van der Waals surface area contributed by atoms with Gasteiger partial charge in [0.15, 0.2) is 0 Å². The van der Waals surface area contributed by atoms with Crippen molar-refractivity contribution in [3.05, 3.63) is 65.7 Å². The number of ether oxygens (including phenoxy) is 1. The number of hydrogen-bond acceptors (Lipinski definition) is 5. The highest BCUT2D eigenvalue weighted by Crippen LogP contribution is 2.16. The van der Waals surface area contributed by atoms with Gasteiger partial charge in [0.2, 0.25) is 11.8 Å². The minimum atomic E-state index is -0.260. The average molecular weight is 454 g/mol. The highest BCUT2D eigenvalue weighted by Gasteiger charge is 2.29. The molecule has 1 saturated heterocycles. The first kappa shape index (κ1) is 24.7. The maximum atomic E-state index is 13.1. The van der Waals surface area contributed by atoms with Crippen LogP contribution in [0.25, 0.3) is 0 Å². The second-order valence-electron chi connectivity index (χ2n) is 8.41. The minimum Gasteiger partial charge on any atom is -0.508 e. The Kier molecular flexibility index (Phi) is 9.27. The fraction of sp³-hybridized carbons (Fsp3) is 0.462. The third-order valence-electron chi connectivity index (χ3n) is 6.01. The van der Waals surface area contributed by atoms with Crippen LogP contribution in [0.5, 0.6) is 5.75 Å². The van der Waals surface area contributed by atoms with Crippen LogP contribution >= 0.6 is 0 Å². The zero-order valence-electron chi connectivity index (χ0n) is 19.7. The molecule has 2 aromatic carbocycles. The van der Waals surface area contributed by atoms with Crippen molar-refractivity contribution < 1.29 is 19.4 Å². The van der Waals surface area contributed by atoms with Crippen molar-refractivity contribution in [2.75, 3.05) is 45.9 Å². The van der Waals surface area contributed by atoms with Gasteiger partial charge in [-0.15, -0.1) is 0 Å². The lowest BCUT2D eigenvalue weighted by atomic mass is 10.1. The lowest BCUT2D eigenvalue weighted by Gasteiger charge is -2.26. The van der Waals surface area contributed by atoms with Gasteiger partial charge in [-0.2, -0.15) is 0 Å². The van der Waals surface area contributed by atoms with Gasteiger partial charge in [0.25, 0.3) is 0 Å². The van der Waals surface area contributed by atoms with E-state index < -0.39 is 0 Å². The van der Waals surface area contributed by atoms with Crippen LogP contribution < -0.4 is 0 Å². The van der Waals surface area contributed by atoms with Gasteiger partial charge in [0, 0.05) is 39.3 Å². The predicted octanol–water partition coefficient (Wildman–Crippen LogP) is 2.53. The Balaban J connectivity index is 1.68. The normalized spacial score (nSPS) is 17.1. The summed E-state index contributed by atoms with van der Waals surface area (Å²) in [4.78, 5) is 31.2. The number of likely N-dealkylation sites (N-methyl/N-ethyl adjacent to an activating group) is 1. The Bertz CT molecular complexity index is 884. The molecule has 3 rings (SSSR count). The molecule has 1 fully saturated rings. The zero-order chi connectivity index (χ0) is 23.6. The van der Waals surface area contributed by atoms with Crippen molar-refractivity contribution in [2.24, 2.45) is 0 Å². The van der Waals surface area contributed by atoms with Gasteiger partial charge in [-0.1, -0.05) is 42.5 Å². The van der Waals surface area contributed by atoms with Gasteiger partial charge in [0.05, 0.1) is 12.6 Å². The maximum Gasteiger partial charge on any atom is 0.248 e. The van der Waals surface area contributed by atoms with Gasteiger partial charge in [-0.05, 0) is 43.5 Å². The number of nitrogens with zero attached hydrogens (tertiary/aromatic N) is 3. The fourth-order valence-electron chi connectivity index (χ4n) is 4.12. The third kappa shape index (κ3) is 7.58. The number of carbonyl (C=O) groups is 2. The number of hydrogen-bond donors (Lipinski definition) is 1. The van der Waals surface area contributed by atoms with Crippen LogP contribution in [0.1, 0.15) is 25.0 Å². The van der Waals surface area contributed by atoms with Crippen molar-refractivity contribution in [3.63, 3.8) is 0 Å². The van der Waals surface area contributed by atoms with E-state index in [0.717, 1.165) is 12.0 Å². The molecule has 1 unspecified atom stereocenters. The Morgan fingerprint density at radius 2 is 1.73 bits per heavy atom. The molecule has 1 atom stereocenters. The molecular weight excluding hydrogens is 418 g/mol. The number of rotatable bonds is 10. The molecule has 0 bridgehead atoms. The molecule has 33 heavy (non-hydrogen) atoms. The minimum absolute atomic E-state index is 0.0140. The van der Waals surface area contributed by atoms with Crippen LogP contribution in [-0.4, -0.2) is 83.6 Å². The van der Waals surface area contributed by atoms with Crippen LogP contribution in [0, 0.1) is 0 Å². The second kappa shape index (κ2) is 12.4. The highest BCUT2D eigenvalue weighted by molar-refractivity contribution is 5.79. The van der Waals surface area contributed by atoms with Crippen molar-refractivity contribution in [3.8, 4) is 5.75 Å². The molecule has 0 saturated carbocycles. The predicted molar refractivity (Wildman–Crippen MR) is 128 cm³/mol. The molecule has 178 valence electrons. The van der Waals surface area contributed by atoms with E-state index in [4.69, 9.17) is 4.74 Å². The van der Waals surface area contributed by atoms with E-state index in [9.17, 15) is 14.7 Å². The Labute approximate surface area is 196 Å². The molecule has 2 amide bonds. The molecule has 1 N–H and O–H groups in total. The quantitative estimate of drug-likeness (QED) is 0.599. The van der Waals surface area contributed by atoms with E-state index in [1.807, 2.05) is 49.1 Å². The molecule has 7 heteroatoms. The van der Waals surface area contributed by atoms with E-state index in [0.29, 0.717) is 45.8 Å². The fourth-order valence-corrected chi connectivity index (χ4v) is 4.12. The lowest BCUT2D eigenvalue weighted by molar-refractivity contribution is -0.138. The van der Waals surface area contributed by atoms with Gasteiger partial charge >= 0.3 is 0 Å². The molecule has 0 spiro atoms. The summed E-state index contributed by atoms with van der Waals surface area (Å²) >= 11 is 0. The molecule has 1 heterocycles. The Hall–Kier alpha value is -2.90. The monoisotopic (exact) mass is 453 g/mol. The van der Waals surface area contributed by atoms with Gasteiger partial charge in [-0.25, -0.2) is 0 Å². The van der Waals surface area contributed by atoms with Crippen LogP contribution in [0.4, 0.5) is 0 Å². The van der Waals surface area contributed by atoms with Gasteiger partial charge in [0.1, 0.15) is 12.4 Å². The summed E-state index contributed by atoms with van der Waals surface area (Å²) in [5.41, 5.74) is 2.20. The molecular formula is C26H35N3O4. The molecule has 0 radical (unpaired) electrons. The average Bonchev–Trinajstić information content (AvgIpc) is 2.97. The third-order valence-corrected chi connectivity index (χ3v) is 6.01. The summed E-state index contributed by atoms with van der Waals surface area (Å²) < 4.78 is 6.06. The number of amides is 2. The molecule has 0 aliphatic carbocycles. The maximum absolute atomic E-state index is 13.1. The largest absolute Gasteiger partial charge is 0.508 e. The summed E-state index contributed by atoms with van der Waals surface area (Å²) in [7, 11) is 0. The lowest BCUT2D eigenvalue weighted by Crippen LogP contribution is -2.41. The molecule has 0 aromatic heterocycles. The Morgan fingerprint density at radius 1 is 1.03 bits per heavy atom. The number of carbonyl (C=O) groups excluding carboxylic acids is 2. The molecule has 7 nitrogen and oxygen atoms in total. The first-order valence-corrected chi connectivity index (χ1v) is 11.7. The topological polar surface area (TPSA) is 73.3 Å². The van der Waals surface area contributed by atoms with E-state index in [1.165, 1.54) is 5.56 Å². The SMILES string of the molecule is CCN(CC)C(=O)COC1CN(Cc2ccc(O)cc2)CC(=O)N(CCc2ccccc2)C1. The van der Waals surface area contributed by atoms with Crippen LogP contribution in [-0.2, 0) is 27.3 Å². The number of benzene rings is 2. The molecule has 2 aromatic rings. The number of phenolic OH excluding ortho intramolecular Hbond substituents is 1. The summed E-state index contributed by atoms with van der Waals surface area (Å²) in [6.07, 6.45) is 0.513. The van der Waals surface area contributed by atoms with Crippen molar-refractivity contribution in [1.82, 2.24) is 14.7 Å². The van der Waals surface area contributed by atoms with Gasteiger partial charge < -0.3 is 19.6 Å². The first-order chi connectivity index (χ1) is 16.0. The summed E-state index contributed by atoms with van der Waals surface area (Å²) in [5, 5.41) is 9.56. The molecule has 1 aliphatic heterocycles.